The van der Waals surface area contributed by atoms with Crippen molar-refractivity contribution in [3.8, 4) is 23.8 Å². The van der Waals surface area contributed by atoms with Gasteiger partial charge in [-0.25, -0.2) is 0 Å². The Labute approximate surface area is 106 Å². The third kappa shape index (κ3) is 4.00. The van der Waals surface area contributed by atoms with Crippen molar-refractivity contribution in [2.24, 2.45) is 0 Å². The maximum absolute atomic E-state index is 11.3. The van der Waals surface area contributed by atoms with Crippen LogP contribution in [0.25, 0.3) is 0 Å². The highest BCUT2D eigenvalue weighted by atomic mass is 16.5. The summed E-state index contributed by atoms with van der Waals surface area (Å²) in [5.74, 6) is 2.88. The number of carbonyl (C=O) groups excluding carboxylic acids is 1. The molecular weight excluding hydrogens is 234 g/mol. The quantitative estimate of drug-likeness (QED) is 0.712. The molecule has 0 saturated carbocycles. The molecule has 96 valence electrons. The molecule has 0 atom stereocenters. The van der Waals surface area contributed by atoms with Gasteiger partial charge in [0.05, 0.1) is 20.3 Å². The third-order valence-electron chi connectivity index (χ3n) is 2.16. The van der Waals surface area contributed by atoms with Crippen molar-refractivity contribution in [2.75, 3.05) is 20.3 Å². The molecule has 0 aliphatic rings. The number of hydrogen-bond donors (Lipinski definition) is 2. The standard InChI is InChI=1S/C13H15NO4/c1-3-6-14-13(16)9-18-12-7-10(8-15)4-5-11(12)17-2/h1,4-5,7,15H,6,8-9H2,2H3,(H,14,16). The number of terminal acetylenes is 1. The maximum atomic E-state index is 11.3. The largest absolute Gasteiger partial charge is 0.493 e. The highest BCUT2D eigenvalue weighted by Gasteiger charge is 2.08. The Bertz CT molecular complexity index is 451. The predicted molar refractivity (Wildman–Crippen MR) is 66.3 cm³/mol. The fourth-order valence-corrected chi connectivity index (χ4v) is 1.28. The number of ether oxygens (including phenoxy) is 2. The van der Waals surface area contributed by atoms with Crippen LogP contribution in [0.15, 0.2) is 18.2 Å². The molecule has 2 N–H and O–H groups in total. The molecule has 0 saturated heterocycles. The van der Waals surface area contributed by atoms with E-state index in [1.807, 2.05) is 0 Å². The van der Waals surface area contributed by atoms with Crippen LogP contribution in [0.2, 0.25) is 0 Å². The van der Waals surface area contributed by atoms with Crippen LogP contribution in [0.5, 0.6) is 11.5 Å². The van der Waals surface area contributed by atoms with Gasteiger partial charge in [-0.2, -0.15) is 0 Å². The number of amides is 1. The van der Waals surface area contributed by atoms with Gasteiger partial charge >= 0.3 is 0 Å². The molecule has 18 heavy (non-hydrogen) atoms. The zero-order valence-corrected chi connectivity index (χ0v) is 10.1. The van der Waals surface area contributed by atoms with Crippen LogP contribution in [0.3, 0.4) is 0 Å². The molecule has 0 aromatic heterocycles. The number of aliphatic hydroxyl groups excluding tert-OH is 1. The van der Waals surface area contributed by atoms with Crippen LogP contribution >= 0.6 is 0 Å². The van der Waals surface area contributed by atoms with E-state index in [-0.39, 0.29) is 25.7 Å². The molecular formula is C13H15NO4. The third-order valence-corrected chi connectivity index (χ3v) is 2.16. The molecule has 0 fully saturated rings. The van der Waals surface area contributed by atoms with Crippen molar-refractivity contribution in [2.45, 2.75) is 6.61 Å². The zero-order valence-electron chi connectivity index (χ0n) is 10.1. The zero-order chi connectivity index (χ0) is 13.4. The van der Waals surface area contributed by atoms with Crippen LogP contribution in [0, 0.1) is 12.3 Å². The van der Waals surface area contributed by atoms with Gasteiger partial charge in [-0.1, -0.05) is 12.0 Å². The lowest BCUT2D eigenvalue weighted by atomic mass is 10.2. The molecule has 1 amide bonds. The van der Waals surface area contributed by atoms with Crippen LogP contribution in [-0.2, 0) is 11.4 Å². The molecule has 0 spiro atoms. The first-order valence-corrected chi connectivity index (χ1v) is 5.32. The molecule has 5 nitrogen and oxygen atoms in total. The van der Waals surface area contributed by atoms with Crippen molar-refractivity contribution >= 4 is 5.91 Å². The highest BCUT2D eigenvalue weighted by molar-refractivity contribution is 5.77. The second-order valence-corrected chi connectivity index (χ2v) is 3.41. The molecule has 1 aromatic rings. The second kappa shape index (κ2) is 7.20. The molecule has 1 aromatic carbocycles. The van der Waals surface area contributed by atoms with Crippen molar-refractivity contribution in [3.05, 3.63) is 23.8 Å². The highest BCUT2D eigenvalue weighted by Crippen LogP contribution is 2.27. The van der Waals surface area contributed by atoms with E-state index in [9.17, 15) is 4.79 Å². The van der Waals surface area contributed by atoms with Crippen LogP contribution < -0.4 is 14.8 Å². The number of carbonyl (C=O) groups is 1. The van der Waals surface area contributed by atoms with Crippen LogP contribution in [0.1, 0.15) is 5.56 Å². The molecule has 5 heteroatoms. The Morgan fingerprint density at radius 3 is 2.89 bits per heavy atom. The smallest absolute Gasteiger partial charge is 0.258 e. The van der Waals surface area contributed by atoms with Crippen molar-refractivity contribution < 1.29 is 19.4 Å². The van der Waals surface area contributed by atoms with E-state index in [0.717, 1.165) is 0 Å². The van der Waals surface area contributed by atoms with Gasteiger partial charge in [0, 0.05) is 0 Å². The number of methoxy groups -OCH3 is 1. The lowest BCUT2D eigenvalue weighted by molar-refractivity contribution is -0.122. The molecule has 0 radical (unpaired) electrons. The summed E-state index contributed by atoms with van der Waals surface area (Å²) in [4.78, 5) is 11.3. The fourth-order valence-electron chi connectivity index (χ4n) is 1.28. The first-order chi connectivity index (χ1) is 8.71. The summed E-state index contributed by atoms with van der Waals surface area (Å²) in [6.45, 7) is -0.105. The number of rotatable bonds is 6. The Hall–Kier alpha value is -2.19. The van der Waals surface area contributed by atoms with Gasteiger partial charge in [0.25, 0.3) is 5.91 Å². The Morgan fingerprint density at radius 1 is 1.50 bits per heavy atom. The minimum atomic E-state index is -0.315. The van der Waals surface area contributed by atoms with Crippen molar-refractivity contribution in [1.29, 1.82) is 0 Å². The molecule has 0 heterocycles. The van der Waals surface area contributed by atoms with Gasteiger partial charge in [0.1, 0.15) is 0 Å². The average Bonchev–Trinajstić information content (AvgIpc) is 2.42. The molecule has 1 rings (SSSR count). The summed E-state index contributed by atoms with van der Waals surface area (Å²) in [6.07, 6.45) is 5.01. The average molecular weight is 249 g/mol. The topological polar surface area (TPSA) is 67.8 Å². The van der Waals surface area contributed by atoms with Crippen LogP contribution in [0.4, 0.5) is 0 Å². The lowest BCUT2D eigenvalue weighted by Gasteiger charge is -2.11. The molecule has 0 unspecified atom stereocenters. The lowest BCUT2D eigenvalue weighted by Crippen LogP contribution is -2.29. The molecule has 0 aliphatic heterocycles. The summed E-state index contributed by atoms with van der Waals surface area (Å²) in [7, 11) is 1.50. The summed E-state index contributed by atoms with van der Waals surface area (Å²) >= 11 is 0. The van der Waals surface area contributed by atoms with Crippen LogP contribution in [-0.4, -0.2) is 31.3 Å². The van der Waals surface area contributed by atoms with Gasteiger partial charge < -0.3 is 19.9 Å². The fraction of sp³-hybridized carbons (Fsp3) is 0.308. The number of nitrogens with one attached hydrogen (secondary N) is 1. The first-order valence-electron chi connectivity index (χ1n) is 5.32. The van der Waals surface area contributed by atoms with Gasteiger partial charge in [-0.05, 0) is 17.7 Å². The Morgan fingerprint density at radius 2 is 2.28 bits per heavy atom. The molecule has 0 bridgehead atoms. The van der Waals surface area contributed by atoms with E-state index in [4.69, 9.17) is 21.0 Å². The summed E-state index contributed by atoms with van der Waals surface area (Å²) < 4.78 is 10.4. The van der Waals surface area contributed by atoms with E-state index in [0.29, 0.717) is 17.1 Å². The number of benzene rings is 1. The summed E-state index contributed by atoms with van der Waals surface area (Å²) in [5.41, 5.74) is 0.676. The van der Waals surface area contributed by atoms with Gasteiger partial charge in [-0.15, -0.1) is 6.42 Å². The molecule has 0 aliphatic carbocycles. The monoisotopic (exact) mass is 249 g/mol. The van der Waals surface area contributed by atoms with E-state index >= 15 is 0 Å². The second-order valence-electron chi connectivity index (χ2n) is 3.41. The van der Waals surface area contributed by atoms with E-state index in [1.54, 1.807) is 18.2 Å². The first kappa shape index (κ1) is 13.9. The minimum Gasteiger partial charge on any atom is -0.493 e. The van der Waals surface area contributed by atoms with E-state index < -0.39 is 0 Å². The number of aliphatic hydroxyl groups is 1. The Kier molecular flexibility index (Phi) is 5.55. The minimum absolute atomic E-state index is 0.107. The van der Waals surface area contributed by atoms with Crippen molar-refractivity contribution in [3.63, 3.8) is 0 Å². The van der Waals surface area contributed by atoms with E-state index in [1.165, 1.54) is 7.11 Å². The van der Waals surface area contributed by atoms with E-state index in [2.05, 4.69) is 11.2 Å². The maximum Gasteiger partial charge on any atom is 0.258 e. The Balaban J connectivity index is 2.65. The summed E-state index contributed by atoms with van der Waals surface area (Å²) in [5, 5.41) is 11.5. The number of hydrogen-bond acceptors (Lipinski definition) is 4. The van der Waals surface area contributed by atoms with Gasteiger partial charge in [-0.3, -0.25) is 4.79 Å². The SMILES string of the molecule is C#CCNC(=O)COc1cc(CO)ccc1OC. The predicted octanol–water partition coefficient (Wildman–Crippen LogP) is 0.316. The normalized spacial score (nSPS) is 9.39. The summed E-state index contributed by atoms with van der Waals surface area (Å²) in [6, 6.07) is 5.00. The van der Waals surface area contributed by atoms with Crippen molar-refractivity contribution in [1.82, 2.24) is 5.32 Å². The van der Waals surface area contributed by atoms with Gasteiger partial charge in [0.2, 0.25) is 0 Å². The van der Waals surface area contributed by atoms with Gasteiger partial charge in [0.15, 0.2) is 18.1 Å².